The fraction of sp³-hybridized carbons (Fsp3) is 0.667. The van der Waals surface area contributed by atoms with Crippen molar-refractivity contribution in [2.75, 3.05) is 7.11 Å². The lowest BCUT2D eigenvalue weighted by molar-refractivity contribution is -0.326. The highest BCUT2D eigenvalue weighted by Crippen LogP contribution is 2.40. The van der Waals surface area contributed by atoms with Gasteiger partial charge in [0.1, 0.15) is 11.3 Å². The molecular weight excluding hydrogens is 508 g/mol. The van der Waals surface area contributed by atoms with Crippen LogP contribution in [0, 0.1) is 30.6 Å². The molecule has 40 heavy (non-hydrogen) atoms. The number of phenols is 1. The number of allylic oxidation sites excluding steroid dienone is 2. The van der Waals surface area contributed by atoms with E-state index in [1.165, 1.54) is 5.57 Å². The van der Waals surface area contributed by atoms with Crippen LogP contribution in [0.3, 0.4) is 0 Å². The normalized spacial score (nSPS) is 24.4. The molecule has 1 fully saturated rings. The van der Waals surface area contributed by atoms with Crippen molar-refractivity contribution < 1.29 is 33.6 Å². The van der Waals surface area contributed by atoms with E-state index in [1.54, 1.807) is 20.1 Å². The first kappa shape index (κ1) is 32.0. The van der Waals surface area contributed by atoms with E-state index in [0.717, 1.165) is 48.0 Å². The average Bonchev–Trinajstić information content (AvgIpc) is 3.28. The van der Waals surface area contributed by atoms with Gasteiger partial charge >= 0.3 is 5.97 Å². The third-order valence-corrected chi connectivity index (χ3v) is 8.42. The van der Waals surface area contributed by atoms with E-state index in [9.17, 15) is 15.0 Å². The Labute approximate surface area is 239 Å². The number of benzene rings is 1. The van der Waals surface area contributed by atoms with Crippen LogP contribution in [0.5, 0.6) is 11.5 Å². The zero-order valence-electron chi connectivity index (χ0n) is 26.0. The lowest BCUT2D eigenvalue weighted by atomic mass is 9.84. The Morgan fingerprint density at radius 1 is 1.18 bits per heavy atom. The van der Waals surface area contributed by atoms with Crippen LogP contribution in [0.1, 0.15) is 98.3 Å². The topological polar surface area (TPSA) is 98.4 Å². The summed E-state index contributed by atoms with van der Waals surface area (Å²) in [4.78, 5) is 11.6. The van der Waals surface area contributed by atoms with Gasteiger partial charge in [0.25, 0.3) is 0 Å². The molecule has 2 N–H and O–H groups in total. The number of hydrogen-bond acceptors (Lipinski definition) is 6. The van der Waals surface area contributed by atoms with Gasteiger partial charge in [-0.25, -0.2) is 0 Å². The van der Waals surface area contributed by atoms with E-state index < -0.39 is 17.7 Å². The predicted molar refractivity (Wildman–Crippen MR) is 158 cm³/mol. The quantitative estimate of drug-likeness (QED) is 0.253. The van der Waals surface area contributed by atoms with Gasteiger partial charge in [-0.15, -0.1) is 0 Å². The van der Waals surface area contributed by atoms with E-state index in [1.807, 2.05) is 33.8 Å². The summed E-state index contributed by atoms with van der Waals surface area (Å²) in [7, 11) is 1.55. The summed E-state index contributed by atoms with van der Waals surface area (Å²) in [5.74, 6) is 0.432. The second-order valence-electron chi connectivity index (χ2n) is 12.8. The third kappa shape index (κ3) is 7.61. The summed E-state index contributed by atoms with van der Waals surface area (Å²) in [6.07, 6.45) is 5.79. The number of ether oxygens (including phenoxy) is 3. The maximum absolute atomic E-state index is 11.6. The number of fused-ring (bicyclic) bond motifs is 1. The number of methoxy groups -OCH3 is 1. The molecule has 7 nitrogen and oxygen atoms in total. The molecule has 2 heterocycles. The van der Waals surface area contributed by atoms with Gasteiger partial charge in [0, 0.05) is 22.8 Å². The van der Waals surface area contributed by atoms with Gasteiger partial charge in [0.2, 0.25) is 0 Å². The summed E-state index contributed by atoms with van der Waals surface area (Å²) in [5, 5.41) is 20.7. The zero-order valence-corrected chi connectivity index (χ0v) is 26.0. The van der Waals surface area contributed by atoms with Crippen molar-refractivity contribution in [3.05, 3.63) is 35.1 Å². The first-order valence-electron chi connectivity index (χ1n) is 14.7. The van der Waals surface area contributed by atoms with Crippen molar-refractivity contribution >= 4 is 16.9 Å². The number of carboxylic acids is 1. The molecule has 0 amide bonds. The SMILES string of the molecule is COc1c(O)cc2cc([C@@H](C)C[C@H](C)C/C(C)=C/[C@@H](C)CC[C@H]3OC(C)(C)O[C@H]([C@@H](C)C(=O)O)[C@H]3C)oc2c1C. The van der Waals surface area contributed by atoms with Crippen LogP contribution in [0.2, 0.25) is 0 Å². The molecule has 2 aromatic rings. The third-order valence-electron chi connectivity index (χ3n) is 8.42. The minimum absolute atomic E-state index is 0.00463. The number of carbonyl (C=O) groups is 1. The molecule has 224 valence electrons. The van der Waals surface area contributed by atoms with Crippen LogP contribution < -0.4 is 4.74 Å². The van der Waals surface area contributed by atoms with Gasteiger partial charge in [-0.3, -0.25) is 4.79 Å². The lowest BCUT2D eigenvalue weighted by Gasteiger charge is -2.46. The molecule has 0 aliphatic carbocycles. The molecule has 0 radical (unpaired) electrons. The molecule has 7 atom stereocenters. The molecule has 1 aliphatic heterocycles. The van der Waals surface area contributed by atoms with Gasteiger partial charge in [0.15, 0.2) is 17.3 Å². The molecule has 1 aromatic carbocycles. The molecule has 0 spiro atoms. The van der Waals surface area contributed by atoms with E-state index >= 15 is 0 Å². The van der Waals surface area contributed by atoms with E-state index in [0.29, 0.717) is 17.6 Å². The maximum Gasteiger partial charge on any atom is 0.308 e. The maximum atomic E-state index is 11.6. The van der Waals surface area contributed by atoms with Crippen molar-refractivity contribution in [2.45, 2.75) is 112 Å². The first-order chi connectivity index (χ1) is 18.6. The molecule has 3 rings (SSSR count). The van der Waals surface area contributed by atoms with E-state index in [-0.39, 0.29) is 29.8 Å². The first-order valence-corrected chi connectivity index (χ1v) is 14.7. The van der Waals surface area contributed by atoms with Crippen LogP contribution >= 0.6 is 0 Å². The Kier molecular flexibility index (Phi) is 10.4. The summed E-state index contributed by atoms with van der Waals surface area (Å²) in [5.41, 5.74) is 2.96. The van der Waals surface area contributed by atoms with Crippen molar-refractivity contribution in [1.29, 1.82) is 0 Å². The van der Waals surface area contributed by atoms with Crippen LogP contribution in [-0.2, 0) is 14.3 Å². The molecule has 1 aromatic heterocycles. The molecule has 7 heteroatoms. The van der Waals surface area contributed by atoms with Gasteiger partial charge in [-0.05, 0) is 84.3 Å². The van der Waals surface area contributed by atoms with E-state index in [4.69, 9.17) is 18.6 Å². The molecule has 0 unspecified atom stereocenters. The standard InChI is InChI=1S/C33H50O7/c1-18(11-12-27-22(5)29(24(7)32(35)36)40-33(8,9)39-27)13-19(2)14-20(3)15-21(4)28-17-25-16-26(34)31(37-10)23(6)30(25)38-28/h13,16-18,20-22,24,27,29,34H,11-12,14-15H2,1-10H3,(H,35,36)/b19-13+/t18-,20+,21-,22-,24+,27+,29-/m0/s1. The minimum atomic E-state index is -0.835. The van der Waals surface area contributed by atoms with Gasteiger partial charge in [0.05, 0.1) is 25.2 Å². The van der Waals surface area contributed by atoms with Crippen molar-refractivity contribution in [3.63, 3.8) is 0 Å². The molecule has 1 aliphatic rings. The van der Waals surface area contributed by atoms with Crippen LogP contribution in [-0.4, -0.2) is 41.3 Å². The van der Waals surface area contributed by atoms with Crippen LogP contribution in [0.15, 0.2) is 28.2 Å². The number of rotatable bonds is 12. The number of aromatic hydroxyl groups is 1. The molecule has 0 bridgehead atoms. The summed E-state index contributed by atoms with van der Waals surface area (Å²) in [6.45, 7) is 18.3. The highest BCUT2D eigenvalue weighted by atomic mass is 16.7. The number of aliphatic carboxylic acids is 1. The second-order valence-corrected chi connectivity index (χ2v) is 12.8. The summed E-state index contributed by atoms with van der Waals surface area (Å²) < 4.78 is 23.8. The Bertz CT molecular complexity index is 1190. The Hall–Kier alpha value is -2.51. The Morgan fingerprint density at radius 2 is 1.85 bits per heavy atom. The van der Waals surface area contributed by atoms with Crippen molar-refractivity contribution in [1.82, 2.24) is 0 Å². The lowest BCUT2D eigenvalue weighted by Crippen LogP contribution is -2.53. The number of aryl methyl sites for hydroxylation is 1. The van der Waals surface area contributed by atoms with Gasteiger partial charge in [-0.2, -0.15) is 0 Å². The van der Waals surface area contributed by atoms with Crippen molar-refractivity contribution in [2.24, 2.45) is 23.7 Å². The predicted octanol–water partition coefficient (Wildman–Crippen LogP) is 8.21. The number of furan rings is 1. The molecule has 0 saturated carbocycles. The largest absolute Gasteiger partial charge is 0.504 e. The number of carboxylic acid groups (broad SMARTS) is 1. The van der Waals surface area contributed by atoms with Crippen molar-refractivity contribution in [3.8, 4) is 11.5 Å². The fourth-order valence-corrected chi connectivity index (χ4v) is 6.42. The highest BCUT2D eigenvalue weighted by molar-refractivity contribution is 5.85. The van der Waals surface area contributed by atoms with Gasteiger partial charge in [-0.1, -0.05) is 39.3 Å². The molecule has 1 saturated heterocycles. The van der Waals surface area contributed by atoms with Crippen LogP contribution in [0.25, 0.3) is 11.0 Å². The van der Waals surface area contributed by atoms with E-state index in [2.05, 4.69) is 33.8 Å². The number of hydrogen-bond donors (Lipinski definition) is 2. The highest BCUT2D eigenvalue weighted by Gasteiger charge is 2.44. The monoisotopic (exact) mass is 558 g/mol. The van der Waals surface area contributed by atoms with Gasteiger partial charge < -0.3 is 28.8 Å². The summed E-state index contributed by atoms with van der Waals surface area (Å²) in [6, 6.07) is 3.74. The summed E-state index contributed by atoms with van der Waals surface area (Å²) >= 11 is 0. The zero-order chi connectivity index (χ0) is 29.9. The Morgan fingerprint density at radius 3 is 2.48 bits per heavy atom. The second kappa shape index (κ2) is 13.0. The molecular formula is C33H50O7. The smallest absolute Gasteiger partial charge is 0.308 e. The minimum Gasteiger partial charge on any atom is -0.504 e. The number of phenolic OH excluding ortho intramolecular Hbond substituents is 1. The Balaban J connectivity index is 1.56. The fourth-order valence-electron chi connectivity index (χ4n) is 6.42. The van der Waals surface area contributed by atoms with Crippen LogP contribution in [0.4, 0.5) is 0 Å². The average molecular weight is 559 g/mol.